The number of carbonyl (C=O) groups is 1. The number of nitrogens with two attached hydrogens (primary N) is 1. The van der Waals surface area contributed by atoms with Crippen molar-refractivity contribution in [2.75, 3.05) is 25.1 Å². The van der Waals surface area contributed by atoms with Crippen LogP contribution in [0.5, 0.6) is 5.75 Å². The lowest BCUT2D eigenvalue weighted by Crippen LogP contribution is -2.37. The van der Waals surface area contributed by atoms with Gasteiger partial charge in [-0.2, -0.15) is 0 Å². The maximum atomic E-state index is 12.5. The summed E-state index contributed by atoms with van der Waals surface area (Å²) in [6.07, 6.45) is 4.05. The number of nitrogens with zero attached hydrogens (tertiary/aromatic N) is 2. The molecule has 0 saturated heterocycles. The number of anilines is 1. The molecule has 1 unspecified atom stereocenters. The van der Waals surface area contributed by atoms with Crippen LogP contribution in [0.1, 0.15) is 35.8 Å². The van der Waals surface area contributed by atoms with Crippen LogP contribution in [0.25, 0.3) is 0 Å². The van der Waals surface area contributed by atoms with Gasteiger partial charge in [-0.15, -0.1) is 0 Å². The Morgan fingerprint density at radius 3 is 2.93 bits per heavy atom. The Morgan fingerprint density at radius 1 is 1.36 bits per heavy atom. The quantitative estimate of drug-likeness (QED) is 0.803. The average molecular weight is 380 g/mol. The molecule has 1 aromatic heterocycles. The van der Waals surface area contributed by atoms with Gasteiger partial charge in [-0.3, -0.25) is 9.79 Å². The Kier molecular flexibility index (Phi) is 5.00. The molecular weight excluding hydrogens is 356 g/mol. The molecule has 0 radical (unpaired) electrons. The Morgan fingerprint density at radius 2 is 2.21 bits per heavy atom. The summed E-state index contributed by atoms with van der Waals surface area (Å²) in [6, 6.07) is 11.0. The first-order valence-electron chi connectivity index (χ1n) is 9.44. The molecule has 28 heavy (non-hydrogen) atoms. The van der Waals surface area contributed by atoms with Crippen LogP contribution in [0.2, 0.25) is 0 Å². The fraction of sp³-hybridized carbons (Fsp3) is 0.381. The number of amides is 1. The molecule has 1 aliphatic heterocycles. The summed E-state index contributed by atoms with van der Waals surface area (Å²) in [5.74, 6) is 1.55. The number of carbonyl (C=O) groups excluding carboxylic acids is 1. The molecule has 1 aromatic carbocycles. The lowest BCUT2D eigenvalue weighted by atomic mass is 9.92. The van der Waals surface area contributed by atoms with Gasteiger partial charge in [0, 0.05) is 5.69 Å². The third kappa shape index (κ3) is 4.31. The predicted molar refractivity (Wildman–Crippen MR) is 107 cm³/mol. The van der Waals surface area contributed by atoms with Crippen molar-refractivity contribution < 1.29 is 14.3 Å². The van der Waals surface area contributed by atoms with Gasteiger partial charge < -0.3 is 20.5 Å². The molecule has 3 N–H and O–H groups in total. The van der Waals surface area contributed by atoms with Gasteiger partial charge in [0.05, 0.1) is 19.4 Å². The molecule has 2 heterocycles. The maximum Gasteiger partial charge on any atom is 0.274 e. The number of benzene rings is 1. The Hall–Kier alpha value is -2.93. The number of pyridine rings is 1. The van der Waals surface area contributed by atoms with Crippen LogP contribution >= 0.6 is 0 Å². The van der Waals surface area contributed by atoms with Crippen LogP contribution in [0.3, 0.4) is 0 Å². The third-order valence-electron chi connectivity index (χ3n) is 4.92. The van der Waals surface area contributed by atoms with E-state index in [1.54, 1.807) is 18.3 Å². The van der Waals surface area contributed by atoms with Gasteiger partial charge in [0.1, 0.15) is 29.4 Å². The zero-order valence-electron chi connectivity index (χ0n) is 15.9. The molecule has 7 nitrogen and oxygen atoms in total. The Bertz CT molecular complexity index is 893. The SMILES string of the molecule is CC1(c2cccc(NC(=O)c3ccc(OCC4CC4)cn3)c2)COCC(N)=N1. The smallest absolute Gasteiger partial charge is 0.274 e. The average Bonchev–Trinajstić information content (AvgIpc) is 3.51. The number of ether oxygens (including phenoxy) is 2. The number of nitrogens with one attached hydrogen (secondary N) is 1. The molecule has 1 fully saturated rings. The summed E-state index contributed by atoms with van der Waals surface area (Å²) in [7, 11) is 0. The number of hydrogen-bond acceptors (Lipinski definition) is 6. The zero-order chi connectivity index (χ0) is 19.6. The van der Waals surface area contributed by atoms with Crippen molar-refractivity contribution in [1.29, 1.82) is 0 Å². The van der Waals surface area contributed by atoms with Crippen LogP contribution in [0, 0.1) is 5.92 Å². The van der Waals surface area contributed by atoms with Gasteiger partial charge in [0.2, 0.25) is 0 Å². The first-order valence-corrected chi connectivity index (χ1v) is 9.44. The largest absolute Gasteiger partial charge is 0.492 e. The highest BCUT2D eigenvalue weighted by Crippen LogP contribution is 2.30. The maximum absolute atomic E-state index is 12.5. The molecule has 1 aliphatic carbocycles. The number of hydrogen-bond donors (Lipinski definition) is 2. The fourth-order valence-corrected chi connectivity index (χ4v) is 3.11. The van der Waals surface area contributed by atoms with E-state index in [4.69, 9.17) is 15.2 Å². The van der Waals surface area contributed by atoms with Crippen molar-refractivity contribution >= 4 is 17.4 Å². The Balaban J connectivity index is 1.43. The van der Waals surface area contributed by atoms with E-state index in [2.05, 4.69) is 15.3 Å². The normalized spacial score (nSPS) is 21.7. The first-order chi connectivity index (χ1) is 13.5. The highest BCUT2D eigenvalue weighted by Gasteiger charge is 2.30. The molecule has 0 spiro atoms. The number of aromatic nitrogens is 1. The lowest BCUT2D eigenvalue weighted by Gasteiger charge is -2.30. The van der Waals surface area contributed by atoms with Gasteiger partial charge in [0.15, 0.2) is 0 Å². The highest BCUT2D eigenvalue weighted by atomic mass is 16.5. The van der Waals surface area contributed by atoms with Gasteiger partial charge >= 0.3 is 0 Å². The summed E-state index contributed by atoms with van der Waals surface area (Å²) in [4.78, 5) is 21.3. The van der Waals surface area contributed by atoms with Gasteiger partial charge in [-0.25, -0.2) is 4.98 Å². The van der Waals surface area contributed by atoms with E-state index in [1.807, 2.05) is 31.2 Å². The minimum Gasteiger partial charge on any atom is -0.492 e. The summed E-state index contributed by atoms with van der Waals surface area (Å²) in [5.41, 5.74) is 7.18. The molecule has 2 aromatic rings. The molecule has 1 saturated carbocycles. The second-order valence-corrected chi connectivity index (χ2v) is 7.54. The summed E-state index contributed by atoms with van der Waals surface area (Å²) in [6.45, 7) is 3.46. The van der Waals surface area contributed by atoms with Crippen LogP contribution in [0.15, 0.2) is 47.6 Å². The van der Waals surface area contributed by atoms with E-state index in [0.29, 0.717) is 42.1 Å². The monoisotopic (exact) mass is 380 g/mol. The van der Waals surface area contributed by atoms with Crippen molar-refractivity contribution in [2.45, 2.75) is 25.3 Å². The first kappa shape index (κ1) is 18.4. The van der Waals surface area contributed by atoms with E-state index in [-0.39, 0.29) is 5.91 Å². The van der Waals surface area contributed by atoms with Crippen LogP contribution < -0.4 is 15.8 Å². The van der Waals surface area contributed by atoms with E-state index >= 15 is 0 Å². The topological polar surface area (TPSA) is 98.8 Å². The lowest BCUT2D eigenvalue weighted by molar-refractivity contribution is 0.102. The van der Waals surface area contributed by atoms with Crippen LogP contribution in [-0.2, 0) is 10.3 Å². The van der Waals surface area contributed by atoms with Crippen molar-refractivity contribution in [1.82, 2.24) is 4.98 Å². The molecular formula is C21H24N4O3. The Labute approximate surface area is 164 Å². The molecule has 2 aliphatic rings. The highest BCUT2D eigenvalue weighted by molar-refractivity contribution is 6.02. The van der Waals surface area contributed by atoms with Gasteiger partial charge in [0.25, 0.3) is 5.91 Å². The predicted octanol–water partition coefficient (Wildman–Crippen LogP) is 2.73. The van der Waals surface area contributed by atoms with Crippen molar-refractivity contribution in [3.05, 3.63) is 53.9 Å². The van der Waals surface area contributed by atoms with Crippen molar-refractivity contribution in [3.63, 3.8) is 0 Å². The van der Waals surface area contributed by atoms with Crippen LogP contribution in [-0.4, -0.2) is 36.5 Å². The minimum atomic E-state index is -0.568. The van der Waals surface area contributed by atoms with E-state index < -0.39 is 5.54 Å². The number of amidine groups is 1. The molecule has 146 valence electrons. The van der Waals surface area contributed by atoms with Crippen LogP contribution in [0.4, 0.5) is 5.69 Å². The summed E-state index contributed by atoms with van der Waals surface area (Å²) >= 11 is 0. The summed E-state index contributed by atoms with van der Waals surface area (Å²) in [5, 5.41) is 2.88. The third-order valence-corrected chi connectivity index (χ3v) is 4.92. The molecule has 1 amide bonds. The second-order valence-electron chi connectivity index (χ2n) is 7.54. The number of aliphatic imine (C=N–C) groups is 1. The second kappa shape index (κ2) is 7.59. The number of rotatable bonds is 6. The summed E-state index contributed by atoms with van der Waals surface area (Å²) < 4.78 is 11.2. The van der Waals surface area contributed by atoms with E-state index in [1.165, 1.54) is 12.8 Å². The van der Waals surface area contributed by atoms with Crippen molar-refractivity contribution in [3.8, 4) is 5.75 Å². The van der Waals surface area contributed by atoms with Gasteiger partial charge in [-0.05, 0) is 55.5 Å². The molecule has 1 atom stereocenters. The van der Waals surface area contributed by atoms with E-state index in [0.717, 1.165) is 12.2 Å². The minimum absolute atomic E-state index is 0.279. The van der Waals surface area contributed by atoms with Gasteiger partial charge in [-0.1, -0.05) is 12.1 Å². The zero-order valence-corrected chi connectivity index (χ0v) is 15.9. The fourth-order valence-electron chi connectivity index (χ4n) is 3.11. The molecule has 7 heteroatoms. The molecule has 4 rings (SSSR count). The van der Waals surface area contributed by atoms with E-state index in [9.17, 15) is 4.79 Å². The standard InChI is InChI=1S/C21H24N4O3/c1-21(13-27-12-19(22)25-21)15-3-2-4-16(9-15)24-20(26)18-8-7-17(10-23-18)28-11-14-5-6-14/h2-4,7-10,14H,5-6,11-13H2,1H3,(H2,22,25)(H,24,26). The van der Waals surface area contributed by atoms with Crippen molar-refractivity contribution in [2.24, 2.45) is 16.6 Å². The molecule has 0 bridgehead atoms.